The average molecular weight is 271 g/mol. The summed E-state index contributed by atoms with van der Waals surface area (Å²) >= 11 is 1.42. The topological polar surface area (TPSA) is 104 Å². The van der Waals surface area contributed by atoms with Gasteiger partial charge in [0.1, 0.15) is 5.69 Å². The maximum absolute atomic E-state index is 11.4. The van der Waals surface area contributed by atoms with Crippen LogP contribution in [0.25, 0.3) is 11.5 Å². The van der Waals surface area contributed by atoms with Crippen LogP contribution in [0.2, 0.25) is 0 Å². The van der Waals surface area contributed by atoms with Crippen LogP contribution in [-0.2, 0) is 10.0 Å². The molecule has 0 radical (unpaired) electrons. The van der Waals surface area contributed by atoms with E-state index in [2.05, 4.69) is 15.2 Å². The van der Waals surface area contributed by atoms with Crippen LogP contribution in [0.3, 0.4) is 0 Å². The summed E-state index contributed by atoms with van der Waals surface area (Å²) in [6.07, 6.45) is 1.83. The predicted molar refractivity (Wildman–Crippen MR) is 60.8 cm³/mol. The van der Waals surface area contributed by atoms with Crippen molar-refractivity contribution >= 4 is 21.4 Å². The maximum atomic E-state index is 11.4. The number of sulfonamides is 1. The fraction of sp³-hybridized carbons (Fsp3) is 0.375. The molecule has 2 N–H and O–H groups in total. The molecule has 2 aromatic heterocycles. The molecule has 0 spiro atoms. The highest BCUT2D eigenvalue weighted by molar-refractivity contribution is 7.89. The molecule has 9 heteroatoms. The van der Waals surface area contributed by atoms with Gasteiger partial charge in [-0.15, -0.1) is 21.5 Å². The van der Waals surface area contributed by atoms with Crippen LogP contribution in [0.1, 0.15) is 18.9 Å². The minimum atomic E-state index is -3.84. The summed E-state index contributed by atoms with van der Waals surface area (Å²) in [5, 5.41) is 14.3. The van der Waals surface area contributed by atoms with Gasteiger partial charge in [-0.25, -0.2) is 18.5 Å². The highest BCUT2D eigenvalue weighted by Crippen LogP contribution is 2.39. The second kappa shape index (κ2) is 3.59. The number of thiazole rings is 1. The number of aromatic nitrogens is 4. The Balaban J connectivity index is 2.21. The molecular formula is C8H9N5O2S2. The molecular weight excluding hydrogens is 262 g/mol. The van der Waals surface area contributed by atoms with Gasteiger partial charge in [-0.1, -0.05) is 0 Å². The third-order valence-electron chi connectivity index (χ3n) is 2.49. The van der Waals surface area contributed by atoms with Crippen molar-refractivity contribution in [2.45, 2.75) is 24.0 Å². The summed E-state index contributed by atoms with van der Waals surface area (Å²) in [4.78, 5) is 4.11. The summed E-state index contributed by atoms with van der Waals surface area (Å²) in [6, 6.07) is 0.120. The lowest BCUT2D eigenvalue weighted by Gasteiger charge is -2.05. The summed E-state index contributed by atoms with van der Waals surface area (Å²) in [7, 11) is -3.84. The highest BCUT2D eigenvalue weighted by Gasteiger charge is 2.33. The van der Waals surface area contributed by atoms with Gasteiger partial charge in [0, 0.05) is 11.4 Å². The molecule has 0 amide bonds. The third kappa shape index (κ3) is 1.85. The van der Waals surface area contributed by atoms with Crippen LogP contribution in [0.4, 0.5) is 0 Å². The monoisotopic (exact) mass is 271 g/mol. The normalized spacial score (nSPS) is 16.3. The van der Waals surface area contributed by atoms with E-state index >= 15 is 0 Å². The zero-order chi connectivity index (χ0) is 12.0. The molecule has 1 aliphatic rings. The molecule has 7 nitrogen and oxygen atoms in total. The average Bonchev–Trinajstić information content (AvgIpc) is 2.81. The Morgan fingerprint density at radius 2 is 2.18 bits per heavy atom. The van der Waals surface area contributed by atoms with Crippen molar-refractivity contribution in [1.82, 2.24) is 19.7 Å². The number of primary sulfonamides is 1. The lowest BCUT2D eigenvalue weighted by molar-refractivity contribution is 0.567. The minimum Gasteiger partial charge on any atom is -0.292 e. The Bertz CT molecular complexity index is 642. The fourth-order valence-electron chi connectivity index (χ4n) is 1.63. The number of nitrogens with zero attached hydrogens (tertiary/aromatic N) is 4. The van der Waals surface area contributed by atoms with Gasteiger partial charge < -0.3 is 0 Å². The van der Waals surface area contributed by atoms with Crippen LogP contribution in [0.5, 0.6) is 0 Å². The summed E-state index contributed by atoms with van der Waals surface area (Å²) in [5.41, 5.74) is 2.29. The molecule has 2 heterocycles. The molecule has 0 aliphatic heterocycles. The quantitative estimate of drug-likeness (QED) is 0.869. The first-order valence-electron chi connectivity index (χ1n) is 4.93. The molecule has 0 saturated heterocycles. The van der Waals surface area contributed by atoms with E-state index in [4.69, 9.17) is 5.14 Å². The van der Waals surface area contributed by atoms with Crippen LogP contribution in [0, 0.1) is 0 Å². The second-order valence-electron chi connectivity index (χ2n) is 3.83. The van der Waals surface area contributed by atoms with Crippen LogP contribution in [-0.4, -0.2) is 28.2 Å². The first-order chi connectivity index (χ1) is 8.07. The van der Waals surface area contributed by atoms with E-state index in [-0.39, 0.29) is 11.2 Å². The van der Waals surface area contributed by atoms with E-state index < -0.39 is 10.0 Å². The number of rotatable bonds is 3. The molecule has 90 valence electrons. The summed E-state index contributed by atoms with van der Waals surface area (Å²) in [5.74, 6) is 0.470. The molecule has 1 aliphatic carbocycles. The zero-order valence-electron chi connectivity index (χ0n) is 8.65. The van der Waals surface area contributed by atoms with Crippen LogP contribution in [0.15, 0.2) is 16.0 Å². The maximum Gasteiger partial charge on any atom is 0.273 e. The van der Waals surface area contributed by atoms with Crippen LogP contribution < -0.4 is 5.14 Å². The largest absolute Gasteiger partial charge is 0.292 e. The van der Waals surface area contributed by atoms with Crippen molar-refractivity contribution in [3.8, 4) is 11.5 Å². The van der Waals surface area contributed by atoms with Gasteiger partial charge in [-0.05, 0) is 12.8 Å². The SMILES string of the molecule is NS(=O)(=O)c1nnc(-c2cscn2)n1C1CC1. The van der Waals surface area contributed by atoms with E-state index in [1.807, 2.05) is 0 Å². The number of hydrogen-bond donors (Lipinski definition) is 1. The van der Waals surface area contributed by atoms with Gasteiger partial charge in [-0.3, -0.25) is 4.57 Å². The lowest BCUT2D eigenvalue weighted by atomic mass is 10.4. The highest BCUT2D eigenvalue weighted by atomic mass is 32.2. The van der Waals surface area contributed by atoms with Crippen molar-refractivity contribution in [3.05, 3.63) is 10.9 Å². The van der Waals surface area contributed by atoms with Gasteiger partial charge >= 0.3 is 0 Å². The predicted octanol–water partition coefficient (Wildman–Crippen LogP) is 0.384. The van der Waals surface area contributed by atoms with Gasteiger partial charge in [0.05, 0.1) is 5.51 Å². The smallest absolute Gasteiger partial charge is 0.273 e. The molecule has 1 fully saturated rings. The number of hydrogen-bond acceptors (Lipinski definition) is 6. The molecule has 3 rings (SSSR count). The molecule has 0 aromatic carbocycles. The molecule has 0 unspecified atom stereocenters. The van der Waals surface area contributed by atoms with Crippen molar-refractivity contribution in [3.63, 3.8) is 0 Å². The van der Waals surface area contributed by atoms with Gasteiger partial charge in [0.15, 0.2) is 5.82 Å². The lowest BCUT2D eigenvalue weighted by Crippen LogP contribution is -2.18. The van der Waals surface area contributed by atoms with Crippen molar-refractivity contribution in [2.24, 2.45) is 5.14 Å². The Labute approximate surface area is 101 Å². The van der Waals surface area contributed by atoms with Crippen molar-refractivity contribution in [2.75, 3.05) is 0 Å². The first kappa shape index (κ1) is 10.8. The first-order valence-corrected chi connectivity index (χ1v) is 7.42. The summed E-state index contributed by atoms with van der Waals surface area (Å²) in [6.45, 7) is 0. The minimum absolute atomic E-state index is 0.120. The van der Waals surface area contributed by atoms with E-state index in [1.165, 1.54) is 11.3 Å². The molecule has 0 atom stereocenters. The van der Waals surface area contributed by atoms with Gasteiger partial charge in [0.2, 0.25) is 0 Å². The van der Waals surface area contributed by atoms with Gasteiger partial charge in [0.25, 0.3) is 15.2 Å². The number of nitrogens with two attached hydrogens (primary N) is 1. The second-order valence-corrected chi connectivity index (χ2v) is 6.00. The zero-order valence-corrected chi connectivity index (χ0v) is 10.3. The van der Waals surface area contributed by atoms with E-state index in [9.17, 15) is 8.42 Å². The Morgan fingerprint density at radius 1 is 1.41 bits per heavy atom. The molecule has 2 aromatic rings. The standard InChI is InChI=1S/C8H9N5O2S2/c9-17(14,15)8-12-11-7(6-3-16-4-10-6)13(8)5-1-2-5/h3-5H,1-2H2,(H2,9,14,15). The molecule has 17 heavy (non-hydrogen) atoms. The molecule has 0 bridgehead atoms. The Hall–Kier alpha value is -1.32. The fourth-order valence-corrected chi connectivity index (χ4v) is 2.83. The third-order valence-corrected chi connectivity index (χ3v) is 3.87. The van der Waals surface area contributed by atoms with E-state index in [0.717, 1.165) is 12.8 Å². The Morgan fingerprint density at radius 3 is 2.71 bits per heavy atom. The van der Waals surface area contributed by atoms with Crippen molar-refractivity contribution in [1.29, 1.82) is 0 Å². The van der Waals surface area contributed by atoms with Gasteiger partial charge in [-0.2, -0.15) is 0 Å². The Kier molecular flexibility index (Phi) is 2.28. The van der Waals surface area contributed by atoms with E-state index in [1.54, 1.807) is 15.5 Å². The van der Waals surface area contributed by atoms with Crippen LogP contribution >= 0.6 is 11.3 Å². The molecule has 1 saturated carbocycles. The summed E-state index contributed by atoms with van der Waals surface area (Å²) < 4.78 is 24.4. The van der Waals surface area contributed by atoms with Crippen molar-refractivity contribution < 1.29 is 8.42 Å². The van der Waals surface area contributed by atoms with E-state index in [0.29, 0.717) is 11.5 Å².